The van der Waals surface area contributed by atoms with Gasteiger partial charge in [-0.25, -0.2) is 0 Å². The van der Waals surface area contributed by atoms with Gasteiger partial charge in [0.25, 0.3) is 0 Å². The first-order chi connectivity index (χ1) is 9.79. The molecule has 0 aliphatic carbocycles. The van der Waals surface area contributed by atoms with Gasteiger partial charge in [-0.3, -0.25) is 4.90 Å². The van der Waals surface area contributed by atoms with Crippen molar-refractivity contribution in [2.45, 2.75) is 52.9 Å². The van der Waals surface area contributed by atoms with Gasteiger partial charge in [-0.1, -0.05) is 12.1 Å². The van der Waals surface area contributed by atoms with Crippen LogP contribution >= 0.6 is 0 Å². The number of nitrogens with zero attached hydrogens (tertiary/aromatic N) is 1. The molecule has 0 aliphatic heterocycles. The smallest absolute Gasteiger partial charge is 0.122 e. The maximum absolute atomic E-state index is 10.2. The van der Waals surface area contributed by atoms with Crippen molar-refractivity contribution >= 4 is 0 Å². The van der Waals surface area contributed by atoms with Crippen LogP contribution in [0.15, 0.2) is 18.2 Å². The Balaban J connectivity index is 2.52. The zero-order valence-corrected chi connectivity index (χ0v) is 13.8. The highest BCUT2D eigenvalue weighted by Gasteiger charge is 2.17. The van der Waals surface area contributed by atoms with Crippen LogP contribution in [0.2, 0.25) is 0 Å². The zero-order valence-electron chi connectivity index (χ0n) is 13.8. The number of benzene rings is 1. The summed E-state index contributed by atoms with van der Waals surface area (Å²) in [5, 5.41) is 19.7. The molecule has 4 nitrogen and oxygen atoms in total. The van der Waals surface area contributed by atoms with Gasteiger partial charge in [-0.05, 0) is 51.8 Å². The summed E-state index contributed by atoms with van der Waals surface area (Å²) in [5.41, 5.74) is 2.21. The Hall–Kier alpha value is -1.10. The Morgan fingerprint density at radius 1 is 1.10 bits per heavy atom. The fourth-order valence-corrected chi connectivity index (χ4v) is 2.21. The minimum Gasteiger partial charge on any atom is -0.491 e. The van der Waals surface area contributed by atoms with Gasteiger partial charge in [0.15, 0.2) is 0 Å². The zero-order chi connectivity index (χ0) is 16.0. The van der Waals surface area contributed by atoms with E-state index in [0.717, 1.165) is 16.9 Å². The predicted octanol–water partition coefficient (Wildman–Crippen LogP) is 2.13. The molecular formula is C17H29NO3. The van der Waals surface area contributed by atoms with E-state index in [9.17, 15) is 10.2 Å². The molecule has 0 aromatic heterocycles. The van der Waals surface area contributed by atoms with Crippen LogP contribution in [0.4, 0.5) is 0 Å². The van der Waals surface area contributed by atoms with E-state index in [-0.39, 0.29) is 12.6 Å². The molecular weight excluding hydrogens is 266 g/mol. The van der Waals surface area contributed by atoms with Gasteiger partial charge in [0.1, 0.15) is 18.5 Å². The van der Waals surface area contributed by atoms with Crippen molar-refractivity contribution in [3.8, 4) is 5.75 Å². The lowest BCUT2D eigenvalue weighted by Crippen LogP contribution is -2.43. The second kappa shape index (κ2) is 8.37. The number of rotatable bonds is 8. The number of aryl methyl sites for hydroxylation is 2. The molecule has 4 heteroatoms. The standard InChI is InChI=1S/C17H29NO3/c1-12(2)18(9-15(5)19)10-16(20)11-21-17-8-13(3)6-7-14(17)4/h6-8,12,15-16,19-20H,9-11H2,1-5H3. The summed E-state index contributed by atoms with van der Waals surface area (Å²) in [7, 11) is 0. The van der Waals surface area contributed by atoms with Crippen LogP contribution in [0.1, 0.15) is 31.9 Å². The quantitative estimate of drug-likeness (QED) is 0.771. The molecule has 0 spiro atoms. The Morgan fingerprint density at radius 2 is 1.76 bits per heavy atom. The summed E-state index contributed by atoms with van der Waals surface area (Å²) < 4.78 is 5.73. The van der Waals surface area contributed by atoms with E-state index in [1.54, 1.807) is 6.92 Å². The number of ether oxygens (including phenoxy) is 1. The third-order valence-corrected chi connectivity index (χ3v) is 3.45. The lowest BCUT2D eigenvalue weighted by Gasteiger charge is -2.29. The Kier molecular flexibility index (Phi) is 7.15. The van der Waals surface area contributed by atoms with Gasteiger partial charge in [-0.2, -0.15) is 0 Å². The van der Waals surface area contributed by atoms with Gasteiger partial charge in [0.2, 0.25) is 0 Å². The average molecular weight is 295 g/mol. The van der Waals surface area contributed by atoms with Crippen LogP contribution < -0.4 is 4.74 Å². The van der Waals surface area contributed by atoms with Crippen molar-refractivity contribution in [1.29, 1.82) is 0 Å². The first-order valence-corrected chi connectivity index (χ1v) is 7.59. The maximum Gasteiger partial charge on any atom is 0.122 e. The minimum absolute atomic E-state index is 0.257. The van der Waals surface area contributed by atoms with E-state index in [1.165, 1.54) is 0 Å². The van der Waals surface area contributed by atoms with Crippen molar-refractivity contribution in [2.24, 2.45) is 0 Å². The highest BCUT2D eigenvalue weighted by Crippen LogP contribution is 2.19. The van der Waals surface area contributed by atoms with Crippen LogP contribution in [0.25, 0.3) is 0 Å². The Labute approximate surface area is 128 Å². The van der Waals surface area contributed by atoms with Crippen LogP contribution in [-0.4, -0.2) is 53.1 Å². The van der Waals surface area contributed by atoms with Gasteiger partial charge in [0.05, 0.1) is 6.10 Å². The molecule has 0 fully saturated rings. The molecule has 0 bridgehead atoms. The van der Waals surface area contributed by atoms with Gasteiger partial charge in [-0.15, -0.1) is 0 Å². The molecule has 1 aromatic carbocycles. The number of hydrogen-bond donors (Lipinski definition) is 2. The molecule has 2 N–H and O–H groups in total. The topological polar surface area (TPSA) is 52.9 Å². The lowest BCUT2D eigenvalue weighted by atomic mass is 10.1. The monoisotopic (exact) mass is 295 g/mol. The molecule has 1 rings (SSSR count). The van der Waals surface area contributed by atoms with Crippen LogP contribution in [0.5, 0.6) is 5.75 Å². The molecule has 1 aromatic rings. The molecule has 0 aliphatic rings. The predicted molar refractivity (Wildman–Crippen MR) is 85.8 cm³/mol. The van der Waals surface area contributed by atoms with E-state index in [4.69, 9.17) is 4.74 Å². The van der Waals surface area contributed by atoms with Crippen molar-refractivity contribution in [1.82, 2.24) is 4.90 Å². The SMILES string of the molecule is Cc1ccc(C)c(OCC(O)CN(CC(C)O)C(C)C)c1. The second-order valence-electron chi connectivity index (χ2n) is 6.13. The summed E-state index contributed by atoms with van der Waals surface area (Å²) >= 11 is 0. The normalized spacial score (nSPS) is 14.5. The highest BCUT2D eigenvalue weighted by atomic mass is 16.5. The van der Waals surface area contributed by atoms with Crippen LogP contribution in [0.3, 0.4) is 0 Å². The fourth-order valence-electron chi connectivity index (χ4n) is 2.21. The third-order valence-electron chi connectivity index (χ3n) is 3.45. The molecule has 0 saturated heterocycles. The average Bonchev–Trinajstić information content (AvgIpc) is 2.38. The van der Waals surface area contributed by atoms with Gasteiger partial charge in [0, 0.05) is 19.1 Å². The number of aliphatic hydroxyl groups is 2. The van der Waals surface area contributed by atoms with Crippen molar-refractivity contribution in [3.63, 3.8) is 0 Å². The van der Waals surface area contributed by atoms with Crippen molar-refractivity contribution in [2.75, 3.05) is 19.7 Å². The summed E-state index contributed by atoms with van der Waals surface area (Å²) in [6, 6.07) is 6.32. The van der Waals surface area contributed by atoms with E-state index < -0.39 is 12.2 Å². The molecule has 2 unspecified atom stereocenters. The first kappa shape index (κ1) is 18.0. The molecule has 0 heterocycles. The molecule has 2 atom stereocenters. The largest absolute Gasteiger partial charge is 0.491 e. The van der Waals surface area contributed by atoms with Crippen molar-refractivity contribution in [3.05, 3.63) is 29.3 Å². The summed E-state index contributed by atoms with van der Waals surface area (Å²) in [4.78, 5) is 2.06. The summed E-state index contributed by atoms with van der Waals surface area (Å²) in [6.45, 7) is 11.2. The maximum atomic E-state index is 10.2. The summed E-state index contributed by atoms with van der Waals surface area (Å²) in [6.07, 6.45) is -0.981. The minimum atomic E-state index is -0.578. The lowest BCUT2D eigenvalue weighted by molar-refractivity contribution is 0.0364. The summed E-state index contributed by atoms with van der Waals surface area (Å²) in [5.74, 6) is 0.820. The Morgan fingerprint density at radius 3 is 2.33 bits per heavy atom. The van der Waals surface area contributed by atoms with Crippen LogP contribution in [0, 0.1) is 13.8 Å². The molecule has 120 valence electrons. The number of aliphatic hydroxyl groups excluding tert-OH is 2. The Bertz CT molecular complexity index is 432. The first-order valence-electron chi connectivity index (χ1n) is 7.59. The van der Waals surface area contributed by atoms with Gasteiger partial charge >= 0.3 is 0 Å². The third kappa shape index (κ3) is 6.46. The molecule has 0 radical (unpaired) electrons. The van der Waals surface area contributed by atoms with E-state index in [1.807, 2.05) is 32.0 Å². The fraction of sp³-hybridized carbons (Fsp3) is 0.647. The van der Waals surface area contributed by atoms with Crippen molar-refractivity contribution < 1.29 is 14.9 Å². The highest BCUT2D eigenvalue weighted by molar-refractivity contribution is 5.35. The van der Waals surface area contributed by atoms with Gasteiger partial charge < -0.3 is 14.9 Å². The van der Waals surface area contributed by atoms with E-state index >= 15 is 0 Å². The molecule has 0 amide bonds. The molecule has 21 heavy (non-hydrogen) atoms. The second-order valence-corrected chi connectivity index (χ2v) is 6.13. The molecule has 0 saturated carbocycles. The van der Waals surface area contributed by atoms with E-state index in [2.05, 4.69) is 18.7 Å². The van der Waals surface area contributed by atoms with E-state index in [0.29, 0.717) is 13.1 Å². The number of hydrogen-bond acceptors (Lipinski definition) is 4. The van der Waals surface area contributed by atoms with Crippen LogP contribution in [-0.2, 0) is 0 Å².